The summed E-state index contributed by atoms with van der Waals surface area (Å²) in [5, 5.41) is 6.51. The highest BCUT2D eigenvalue weighted by Crippen LogP contribution is 2.27. The Balaban J connectivity index is 1.77. The second-order valence-corrected chi connectivity index (χ2v) is 9.78. The average Bonchev–Trinajstić information content (AvgIpc) is 3.04. The van der Waals surface area contributed by atoms with Crippen molar-refractivity contribution in [1.29, 1.82) is 0 Å². The molecule has 0 spiro atoms. The summed E-state index contributed by atoms with van der Waals surface area (Å²) < 4.78 is 11.6. The molecule has 0 aliphatic heterocycles. The van der Waals surface area contributed by atoms with Crippen LogP contribution >= 0.6 is 0 Å². The molecule has 0 bridgehead atoms. The van der Waals surface area contributed by atoms with E-state index in [-0.39, 0.29) is 11.5 Å². The first-order chi connectivity index (χ1) is 21.3. The monoisotopic (exact) mass is 589 g/mol. The number of hydrogen-bond donors (Lipinski definition) is 2. The van der Waals surface area contributed by atoms with Gasteiger partial charge in [0.15, 0.2) is 11.5 Å². The van der Waals surface area contributed by atoms with Gasteiger partial charge in [0.25, 0.3) is 11.5 Å². The van der Waals surface area contributed by atoms with Crippen LogP contribution in [0.2, 0.25) is 0 Å². The Morgan fingerprint density at radius 3 is 2.36 bits per heavy atom. The number of aryl methyl sites for hydroxylation is 1. The number of para-hydroxylation sites is 3. The Kier molecular flexibility index (Phi) is 8.80. The van der Waals surface area contributed by atoms with E-state index in [1.54, 1.807) is 78.9 Å². The maximum absolute atomic E-state index is 14.2. The topological polar surface area (TPSA) is 124 Å². The van der Waals surface area contributed by atoms with Crippen LogP contribution in [0.4, 0.5) is 17.1 Å². The van der Waals surface area contributed by atoms with Crippen LogP contribution < -0.4 is 20.9 Å². The maximum Gasteiger partial charge on any atom is 0.337 e. The molecule has 5 rings (SSSR count). The Hall–Kier alpha value is -5.77. The van der Waals surface area contributed by atoms with Crippen LogP contribution in [-0.4, -0.2) is 47.9 Å². The number of ether oxygens (including phenoxy) is 2. The average molecular weight is 590 g/mol. The molecule has 222 valence electrons. The lowest BCUT2D eigenvalue weighted by atomic mass is 10.1. The summed E-state index contributed by atoms with van der Waals surface area (Å²) in [6, 6.07) is 25.8. The van der Waals surface area contributed by atoms with E-state index < -0.39 is 17.4 Å². The Morgan fingerprint density at radius 1 is 0.932 bits per heavy atom. The number of hydrogen-bond acceptors (Lipinski definition) is 8. The van der Waals surface area contributed by atoms with Gasteiger partial charge >= 0.3 is 5.97 Å². The summed E-state index contributed by atoms with van der Waals surface area (Å²) in [7, 11) is 2.80. The van der Waals surface area contributed by atoms with E-state index in [4.69, 9.17) is 19.5 Å². The number of carbonyl (C=O) groups excluding carboxylic acids is 2. The summed E-state index contributed by atoms with van der Waals surface area (Å²) in [4.78, 5) is 49.9. The summed E-state index contributed by atoms with van der Waals surface area (Å²) in [5.41, 5.74) is 3.23. The lowest BCUT2D eigenvalue weighted by molar-refractivity contribution is -0.110. The summed E-state index contributed by atoms with van der Waals surface area (Å²) in [6.07, 6.45) is 0. The van der Waals surface area contributed by atoms with E-state index in [2.05, 4.69) is 10.6 Å². The van der Waals surface area contributed by atoms with E-state index in [1.807, 2.05) is 26.0 Å². The van der Waals surface area contributed by atoms with Gasteiger partial charge in [-0.25, -0.2) is 14.8 Å². The van der Waals surface area contributed by atoms with Crippen LogP contribution in [0.25, 0.3) is 16.6 Å². The Bertz CT molecular complexity index is 1950. The molecule has 10 nitrogen and oxygen atoms in total. The van der Waals surface area contributed by atoms with Crippen LogP contribution in [0.5, 0.6) is 5.75 Å². The number of amides is 1. The number of nitrogens with one attached hydrogen (secondary N) is 2. The predicted octanol–water partition coefficient (Wildman–Crippen LogP) is 5.68. The van der Waals surface area contributed by atoms with Crippen molar-refractivity contribution in [2.75, 3.05) is 31.4 Å². The fourth-order valence-electron chi connectivity index (χ4n) is 4.74. The molecule has 0 aliphatic carbocycles. The molecule has 0 radical (unpaired) electrons. The quantitative estimate of drug-likeness (QED) is 0.167. The lowest BCUT2D eigenvalue weighted by Gasteiger charge is -2.17. The van der Waals surface area contributed by atoms with Crippen LogP contribution in [-0.2, 0) is 9.53 Å². The third-order valence-corrected chi connectivity index (χ3v) is 6.91. The fraction of sp³-hybridized carbons (Fsp3) is 0.147. The van der Waals surface area contributed by atoms with Gasteiger partial charge in [-0.05, 0) is 86.1 Å². The van der Waals surface area contributed by atoms with Crippen molar-refractivity contribution in [3.05, 3.63) is 118 Å². The molecule has 1 heterocycles. The number of rotatable bonds is 9. The predicted molar refractivity (Wildman–Crippen MR) is 172 cm³/mol. The molecule has 0 unspecified atom stereocenters. The van der Waals surface area contributed by atoms with Gasteiger partial charge in [-0.15, -0.1) is 0 Å². The largest absolute Gasteiger partial charge is 0.495 e. The molecule has 2 N–H and O–H groups in total. The number of benzene rings is 4. The first-order valence-corrected chi connectivity index (χ1v) is 13.9. The van der Waals surface area contributed by atoms with E-state index in [0.29, 0.717) is 39.3 Å². The highest BCUT2D eigenvalue weighted by molar-refractivity contribution is 6.48. The van der Waals surface area contributed by atoms with Gasteiger partial charge in [-0.1, -0.05) is 24.3 Å². The van der Waals surface area contributed by atoms with Gasteiger partial charge in [-0.2, -0.15) is 0 Å². The van der Waals surface area contributed by atoms with E-state index in [1.165, 1.54) is 18.8 Å². The standard InChI is InChI=1S/C34H31N5O5/c1-5-35-23-16-19-26(21(2)20-23)36-30(32(40)38-28-12-8-9-13-29(28)43-3)31-37-27-11-7-6-10-25(27)33(41)39(31)24-17-14-22(15-18-24)34(42)44-4/h6-20,35H,5H2,1-4H3,(H,38,40). The number of nitrogens with zero attached hydrogens (tertiary/aromatic N) is 3. The van der Waals surface area contributed by atoms with Crippen LogP contribution in [0.3, 0.4) is 0 Å². The molecular weight excluding hydrogens is 558 g/mol. The van der Waals surface area contributed by atoms with Gasteiger partial charge in [0.1, 0.15) is 5.75 Å². The minimum Gasteiger partial charge on any atom is -0.495 e. The van der Waals surface area contributed by atoms with Crippen molar-refractivity contribution in [3.63, 3.8) is 0 Å². The zero-order valence-electron chi connectivity index (χ0n) is 24.8. The van der Waals surface area contributed by atoms with Crippen molar-refractivity contribution in [2.24, 2.45) is 4.99 Å². The van der Waals surface area contributed by atoms with Crippen molar-refractivity contribution in [3.8, 4) is 11.4 Å². The van der Waals surface area contributed by atoms with Crippen molar-refractivity contribution < 1.29 is 19.1 Å². The molecule has 10 heteroatoms. The van der Waals surface area contributed by atoms with Gasteiger partial charge in [0.2, 0.25) is 0 Å². The first-order valence-electron chi connectivity index (χ1n) is 13.9. The van der Waals surface area contributed by atoms with Crippen LogP contribution in [0.15, 0.2) is 101 Å². The molecule has 5 aromatic rings. The summed E-state index contributed by atoms with van der Waals surface area (Å²) in [6.45, 7) is 4.64. The van der Waals surface area contributed by atoms with Gasteiger partial charge in [0, 0.05) is 12.2 Å². The molecule has 0 aliphatic rings. The number of fused-ring (bicyclic) bond motifs is 1. The van der Waals surface area contributed by atoms with Crippen LogP contribution in [0, 0.1) is 6.92 Å². The Morgan fingerprint density at radius 2 is 1.66 bits per heavy atom. The van der Waals surface area contributed by atoms with Gasteiger partial charge < -0.3 is 20.1 Å². The number of carbonyl (C=O) groups is 2. The second-order valence-electron chi connectivity index (χ2n) is 9.78. The molecule has 0 fully saturated rings. The fourth-order valence-corrected chi connectivity index (χ4v) is 4.74. The number of aliphatic imine (C=N–C) groups is 1. The number of methoxy groups -OCH3 is 2. The number of aromatic nitrogens is 2. The normalized spacial score (nSPS) is 11.2. The van der Waals surface area contributed by atoms with Crippen molar-refractivity contribution >= 4 is 45.6 Å². The minimum absolute atomic E-state index is 0.0158. The van der Waals surface area contributed by atoms with E-state index in [0.717, 1.165) is 17.8 Å². The third kappa shape index (κ3) is 6.05. The second kappa shape index (κ2) is 13.0. The van der Waals surface area contributed by atoms with Crippen LogP contribution in [0.1, 0.15) is 28.7 Å². The van der Waals surface area contributed by atoms with Gasteiger partial charge in [-0.3, -0.25) is 14.2 Å². The number of anilines is 2. The zero-order chi connectivity index (χ0) is 31.2. The molecule has 0 saturated carbocycles. The lowest BCUT2D eigenvalue weighted by Crippen LogP contribution is -2.33. The molecule has 0 atom stereocenters. The summed E-state index contributed by atoms with van der Waals surface area (Å²) in [5.74, 6) is -0.654. The van der Waals surface area contributed by atoms with E-state index >= 15 is 0 Å². The third-order valence-electron chi connectivity index (χ3n) is 6.91. The molecule has 0 saturated heterocycles. The number of esters is 1. The molecular formula is C34H31N5O5. The molecule has 4 aromatic carbocycles. The highest BCUT2D eigenvalue weighted by Gasteiger charge is 2.25. The van der Waals surface area contributed by atoms with Crippen molar-refractivity contribution in [2.45, 2.75) is 13.8 Å². The van der Waals surface area contributed by atoms with Crippen molar-refractivity contribution in [1.82, 2.24) is 9.55 Å². The summed E-state index contributed by atoms with van der Waals surface area (Å²) >= 11 is 0. The molecule has 1 aromatic heterocycles. The molecule has 44 heavy (non-hydrogen) atoms. The molecule has 1 amide bonds. The van der Waals surface area contributed by atoms with Gasteiger partial charge in [0.05, 0.1) is 47.7 Å². The smallest absolute Gasteiger partial charge is 0.337 e. The minimum atomic E-state index is -0.605. The zero-order valence-corrected chi connectivity index (χ0v) is 24.8. The maximum atomic E-state index is 14.2. The first kappa shape index (κ1) is 29.7. The van der Waals surface area contributed by atoms with E-state index in [9.17, 15) is 14.4 Å². The highest BCUT2D eigenvalue weighted by atomic mass is 16.5. The SMILES string of the molecule is CCNc1ccc(N=C(C(=O)Nc2ccccc2OC)c2nc3ccccc3c(=O)n2-c2ccc(C(=O)OC)cc2)c(C)c1. The Labute approximate surface area is 254 Å².